The van der Waals surface area contributed by atoms with Crippen LogP contribution in [-0.4, -0.2) is 0 Å². The Bertz CT molecular complexity index is 2400. The highest BCUT2D eigenvalue weighted by molar-refractivity contribution is 5.86. The van der Waals surface area contributed by atoms with Gasteiger partial charge in [-0.3, -0.25) is 0 Å². The average molecular weight is 700 g/mol. The maximum Gasteiger partial charge on any atom is 0.0485 e. The number of hydrogen-bond acceptors (Lipinski definition) is 1. The SMILES string of the molecule is c1ccc(-c2ccc(N(Cc3cccc4c3C3(c5ccccc5-4)C4CCC5CC(C4)CC3C5)c3ccc4c(c3)C3(CCCC3)c3ccccc3-4)cc2)cc1. The van der Waals surface area contributed by atoms with Gasteiger partial charge in [-0.25, -0.2) is 0 Å². The molecule has 54 heavy (non-hydrogen) atoms. The molecule has 6 aromatic rings. The van der Waals surface area contributed by atoms with Crippen LogP contribution in [0.25, 0.3) is 33.4 Å². The van der Waals surface area contributed by atoms with Crippen molar-refractivity contribution in [2.75, 3.05) is 4.90 Å². The van der Waals surface area contributed by atoms with E-state index >= 15 is 0 Å². The minimum atomic E-state index is 0.129. The predicted molar refractivity (Wildman–Crippen MR) is 223 cm³/mol. The second kappa shape index (κ2) is 11.8. The highest BCUT2D eigenvalue weighted by Crippen LogP contribution is 2.68. The van der Waals surface area contributed by atoms with Crippen LogP contribution in [-0.2, 0) is 17.4 Å². The van der Waals surface area contributed by atoms with E-state index in [0.29, 0.717) is 0 Å². The summed E-state index contributed by atoms with van der Waals surface area (Å²) in [5.41, 5.74) is 19.3. The third-order valence-electron chi connectivity index (χ3n) is 15.6. The van der Waals surface area contributed by atoms with E-state index in [9.17, 15) is 0 Å². The molecule has 0 aliphatic heterocycles. The number of benzene rings is 6. The molecule has 7 aliphatic carbocycles. The van der Waals surface area contributed by atoms with E-state index in [1.807, 2.05) is 0 Å². The molecule has 0 N–H and O–H groups in total. The molecule has 4 bridgehead atoms. The lowest BCUT2D eigenvalue weighted by molar-refractivity contribution is 0.0613. The Hall–Kier alpha value is -4.88. The molecule has 0 heterocycles. The van der Waals surface area contributed by atoms with E-state index in [4.69, 9.17) is 0 Å². The largest absolute Gasteiger partial charge is 0.337 e. The maximum absolute atomic E-state index is 2.68. The van der Waals surface area contributed by atoms with Gasteiger partial charge < -0.3 is 4.90 Å². The summed E-state index contributed by atoms with van der Waals surface area (Å²) in [7, 11) is 0. The van der Waals surface area contributed by atoms with Gasteiger partial charge in [0.15, 0.2) is 0 Å². The lowest BCUT2D eigenvalue weighted by atomic mass is 9.50. The van der Waals surface area contributed by atoms with Gasteiger partial charge in [0.25, 0.3) is 0 Å². The van der Waals surface area contributed by atoms with E-state index < -0.39 is 0 Å². The lowest BCUT2D eigenvalue weighted by Gasteiger charge is -2.53. The van der Waals surface area contributed by atoms with Gasteiger partial charge in [-0.1, -0.05) is 135 Å². The van der Waals surface area contributed by atoms with Crippen LogP contribution in [0.15, 0.2) is 140 Å². The quantitative estimate of drug-likeness (QED) is 0.173. The molecule has 1 heteroatoms. The van der Waals surface area contributed by atoms with Crippen LogP contribution in [0.1, 0.15) is 92.0 Å². The molecular formula is C53H49N. The molecule has 5 atom stereocenters. The third kappa shape index (κ3) is 4.33. The first kappa shape index (κ1) is 31.5. The molecule has 2 spiro atoms. The van der Waals surface area contributed by atoms with E-state index in [2.05, 4.69) is 144 Å². The maximum atomic E-state index is 2.68. The van der Waals surface area contributed by atoms with Gasteiger partial charge >= 0.3 is 0 Å². The zero-order valence-electron chi connectivity index (χ0n) is 31.3. The summed E-state index contributed by atoms with van der Waals surface area (Å²) in [6, 6.07) is 54.1. The Balaban J connectivity index is 1.04. The van der Waals surface area contributed by atoms with Gasteiger partial charge in [-0.05, 0) is 154 Å². The number of rotatable bonds is 5. The fourth-order valence-electron chi connectivity index (χ4n) is 13.7. The molecule has 0 radical (unpaired) electrons. The van der Waals surface area contributed by atoms with Crippen molar-refractivity contribution < 1.29 is 0 Å². The van der Waals surface area contributed by atoms with Gasteiger partial charge in [0, 0.05) is 28.7 Å². The molecule has 5 saturated carbocycles. The fraction of sp³-hybridized carbons (Fsp3) is 0.321. The van der Waals surface area contributed by atoms with Gasteiger partial charge in [0.1, 0.15) is 0 Å². The van der Waals surface area contributed by atoms with Crippen molar-refractivity contribution in [3.63, 3.8) is 0 Å². The smallest absolute Gasteiger partial charge is 0.0485 e. The molecule has 0 amide bonds. The molecular weight excluding hydrogens is 651 g/mol. The third-order valence-corrected chi connectivity index (χ3v) is 15.6. The molecule has 5 fully saturated rings. The van der Waals surface area contributed by atoms with E-state index in [1.165, 1.54) is 115 Å². The number of nitrogens with zero attached hydrogens (tertiary/aromatic N) is 1. The van der Waals surface area contributed by atoms with Gasteiger partial charge in [-0.15, -0.1) is 0 Å². The highest BCUT2D eigenvalue weighted by Gasteiger charge is 2.60. The minimum Gasteiger partial charge on any atom is -0.337 e. The van der Waals surface area contributed by atoms with Crippen LogP contribution in [0.3, 0.4) is 0 Å². The van der Waals surface area contributed by atoms with E-state index in [1.54, 1.807) is 22.3 Å². The van der Waals surface area contributed by atoms with Crippen molar-refractivity contribution in [3.8, 4) is 33.4 Å². The molecule has 266 valence electrons. The van der Waals surface area contributed by atoms with Gasteiger partial charge in [-0.2, -0.15) is 0 Å². The Morgan fingerprint density at radius 2 is 1.13 bits per heavy atom. The first-order chi connectivity index (χ1) is 26.7. The van der Waals surface area contributed by atoms with Crippen LogP contribution in [0.4, 0.5) is 11.4 Å². The van der Waals surface area contributed by atoms with Gasteiger partial charge in [0.05, 0.1) is 0 Å². The van der Waals surface area contributed by atoms with Gasteiger partial charge in [0.2, 0.25) is 0 Å². The molecule has 0 aromatic heterocycles. The van der Waals surface area contributed by atoms with Crippen LogP contribution >= 0.6 is 0 Å². The monoisotopic (exact) mass is 699 g/mol. The predicted octanol–water partition coefficient (Wildman–Crippen LogP) is 13.6. The van der Waals surface area contributed by atoms with Crippen molar-refractivity contribution in [2.45, 2.75) is 81.6 Å². The Morgan fingerprint density at radius 1 is 0.481 bits per heavy atom. The standard InChI is InChI=1S/C53H49N/c1-2-11-37(12-3-1)38-20-23-42(24-21-38)54(43-25-26-46-44-14-4-6-17-48(44)52(50(46)33-43)27-8-9-28-52)34-39-13-10-16-47-45-15-5-7-18-49(45)53(51(39)47)40-22-19-35-29-36(31-40)32-41(53)30-35/h1-7,10-18,20-21,23-26,33,35-36,40-41H,8-9,19,22,27-32,34H2. The summed E-state index contributed by atoms with van der Waals surface area (Å²) in [4.78, 5) is 2.68. The first-order valence-electron chi connectivity index (χ1n) is 21.1. The number of fused-ring (bicyclic) bond motifs is 9. The highest BCUT2D eigenvalue weighted by atomic mass is 15.1. The van der Waals surface area contributed by atoms with Crippen molar-refractivity contribution in [2.24, 2.45) is 23.7 Å². The second-order valence-corrected chi connectivity index (χ2v) is 18.0. The minimum absolute atomic E-state index is 0.129. The summed E-state index contributed by atoms with van der Waals surface area (Å²) in [6.07, 6.45) is 13.7. The Labute approximate surface area is 321 Å². The average Bonchev–Trinajstić information content (AvgIpc) is 3.87. The van der Waals surface area contributed by atoms with Crippen molar-refractivity contribution in [1.29, 1.82) is 0 Å². The van der Waals surface area contributed by atoms with Crippen molar-refractivity contribution >= 4 is 11.4 Å². The van der Waals surface area contributed by atoms with Crippen molar-refractivity contribution in [1.82, 2.24) is 0 Å². The molecule has 5 unspecified atom stereocenters. The zero-order chi connectivity index (χ0) is 35.4. The summed E-state index contributed by atoms with van der Waals surface area (Å²) in [5, 5.41) is 0. The zero-order valence-corrected chi connectivity index (χ0v) is 31.3. The molecule has 6 aromatic carbocycles. The molecule has 7 aliphatic rings. The van der Waals surface area contributed by atoms with Crippen LogP contribution in [0.5, 0.6) is 0 Å². The summed E-state index contributed by atoms with van der Waals surface area (Å²) >= 11 is 0. The Kier molecular flexibility index (Phi) is 6.88. The fourth-order valence-corrected chi connectivity index (χ4v) is 13.7. The van der Waals surface area contributed by atoms with E-state index in [-0.39, 0.29) is 10.8 Å². The molecule has 0 saturated heterocycles. The topological polar surface area (TPSA) is 3.24 Å². The molecule has 13 rings (SSSR count). The second-order valence-electron chi connectivity index (χ2n) is 18.0. The normalized spacial score (nSPS) is 26.1. The summed E-state index contributed by atoms with van der Waals surface area (Å²) < 4.78 is 0. The van der Waals surface area contributed by atoms with Crippen LogP contribution in [0, 0.1) is 23.7 Å². The summed E-state index contributed by atoms with van der Waals surface area (Å²) in [6.45, 7) is 0.870. The number of anilines is 2. The lowest BCUT2D eigenvalue weighted by Crippen LogP contribution is -2.48. The van der Waals surface area contributed by atoms with Crippen LogP contribution < -0.4 is 4.90 Å². The molecule has 1 nitrogen and oxygen atoms in total. The van der Waals surface area contributed by atoms with Crippen LogP contribution in [0.2, 0.25) is 0 Å². The first-order valence-corrected chi connectivity index (χ1v) is 21.1. The summed E-state index contributed by atoms with van der Waals surface area (Å²) in [5.74, 6) is 3.31. The Morgan fingerprint density at radius 3 is 1.96 bits per heavy atom. The van der Waals surface area contributed by atoms with E-state index in [0.717, 1.165) is 30.2 Å². The van der Waals surface area contributed by atoms with Crippen molar-refractivity contribution in [3.05, 3.63) is 167 Å². The number of hydrogen-bond donors (Lipinski definition) is 0.